The molecule has 1 unspecified atom stereocenters. The second-order valence-corrected chi connectivity index (χ2v) is 5.19. The first-order chi connectivity index (χ1) is 7.81. The molecule has 0 bridgehead atoms. The molecular weight excluding hydrogens is 250 g/mol. The maximum absolute atomic E-state index is 8.24. The van der Waals surface area contributed by atoms with Crippen molar-refractivity contribution in [3.8, 4) is 0 Å². The van der Waals surface area contributed by atoms with Crippen LogP contribution in [-0.4, -0.2) is 12.6 Å². The lowest BCUT2D eigenvalue weighted by Gasteiger charge is -2.15. The summed E-state index contributed by atoms with van der Waals surface area (Å²) in [6.45, 7) is 6.55. The molecule has 0 saturated heterocycles. The molecule has 0 saturated carbocycles. The van der Waals surface area contributed by atoms with Gasteiger partial charge >= 0.3 is 0 Å². The minimum atomic E-state index is -0.877. The zero-order valence-corrected chi connectivity index (χ0v) is 11.2. The standard InChI is InChI=1S/C13H20BrN/c1-10(2)9-15-11(3)8-12-4-6-13(14)7-5-12/h4-7,10-11,15H,8-9H2,1-3H3/i11D/hD. The summed E-state index contributed by atoms with van der Waals surface area (Å²) in [6.07, 6.45) is 0.566. The van der Waals surface area contributed by atoms with Crippen LogP contribution in [0.1, 0.15) is 27.7 Å². The van der Waals surface area contributed by atoms with E-state index in [2.05, 4.69) is 29.8 Å². The van der Waals surface area contributed by atoms with E-state index in [0.29, 0.717) is 18.9 Å². The van der Waals surface area contributed by atoms with Crippen molar-refractivity contribution in [3.63, 3.8) is 0 Å². The molecule has 0 aliphatic carbocycles. The van der Waals surface area contributed by atoms with Gasteiger partial charge in [-0.15, -0.1) is 0 Å². The van der Waals surface area contributed by atoms with Crippen molar-refractivity contribution in [2.75, 3.05) is 6.54 Å². The fourth-order valence-electron chi connectivity index (χ4n) is 1.29. The minimum absolute atomic E-state index is 0.405. The third-order valence-electron chi connectivity index (χ3n) is 2.10. The van der Waals surface area contributed by atoms with Crippen LogP contribution in [-0.2, 0) is 6.42 Å². The van der Waals surface area contributed by atoms with Gasteiger partial charge in [0.2, 0.25) is 0 Å². The lowest BCUT2D eigenvalue weighted by Crippen LogP contribution is -2.31. The average molecular weight is 272 g/mol. The largest absolute Gasteiger partial charge is 0.314 e. The van der Waals surface area contributed by atoms with Crippen molar-refractivity contribution in [1.82, 2.24) is 5.31 Å². The molecule has 15 heavy (non-hydrogen) atoms. The fourth-order valence-corrected chi connectivity index (χ4v) is 1.56. The predicted molar refractivity (Wildman–Crippen MR) is 70.1 cm³/mol. The van der Waals surface area contributed by atoms with E-state index in [1.165, 1.54) is 5.31 Å². The molecule has 0 heterocycles. The van der Waals surface area contributed by atoms with Gasteiger partial charge in [-0.2, -0.15) is 0 Å². The van der Waals surface area contributed by atoms with Gasteiger partial charge in [-0.25, -0.2) is 0 Å². The van der Waals surface area contributed by atoms with Crippen LogP contribution >= 0.6 is 15.9 Å². The summed E-state index contributed by atoms with van der Waals surface area (Å²) in [4.78, 5) is 0. The molecule has 0 aliphatic heterocycles. The summed E-state index contributed by atoms with van der Waals surface area (Å²) in [5.74, 6) is 0.405. The van der Waals surface area contributed by atoms with Crippen molar-refractivity contribution in [2.24, 2.45) is 5.92 Å². The molecule has 0 spiro atoms. The first-order valence-corrected chi connectivity index (χ1v) is 6.11. The second kappa shape index (κ2) is 6.29. The van der Waals surface area contributed by atoms with E-state index in [-0.39, 0.29) is 0 Å². The Labute approximate surface area is 104 Å². The maximum Gasteiger partial charge on any atom is 0.122 e. The van der Waals surface area contributed by atoms with Crippen LogP contribution in [0, 0.1) is 5.92 Å². The lowest BCUT2D eigenvalue weighted by molar-refractivity contribution is 0.482. The second-order valence-electron chi connectivity index (χ2n) is 4.27. The zero-order chi connectivity index (χ0) is 13.1. The van der Waals surface area contributed by atoms with Crippen molar-refractivity contribution >= 4 is 15.9 Å². The number of hydrogen-bond donors (Lipinski definition) is 1. The Morgan fingerprint density at radius 3 is 2.47 bits per heavy atom. The molecule has 1 rings (SSSR count). The quantitative estimate of drug-likeness (QED) is 0.863. The van der Waals surface area contributed by atoms with E-state index >= 15 is 0 Å². The molecule has 1 nitrogen and oxygen atoms in total. The van der Waals surface area contributed by atoms with Gasteiger partial charge in [0, 0.05) is 11.9 Å². The van der Waals surface area contributed by atoms with Crippen LogP contribution in [0.3, 0.4) is 0 Å². The first kappa shape index (κ1) is 9.86. The third-order valence-corrected chi connectivity index (χ3v) is 2.63. The van der Waals surface area contributed by atoms with E-state index < -0.39 is 6.02 Å². The number of benzene rings is 1. The molecule has 0 fully saturated rings. The number of rotatable bonds is 5. The Morgan fingerprint density at radius 2 is 1.93 bits per heavy atom. The molecule has 1 atom stereocenters. The molecule has 0 aliphatic rings. The highest BCUT2D eigenvalue weighted by Gasteiger charge is 2.03. The Kier molecular flexibility index (Phi) is 4.13. The fraction of sp³-hybridized carbons (Fsp3) is 0.538. The van der Waals surface area contributed by atoms with Gasteiger partial charge in [0.15, 0.2) is 0 Å². The summed E-state index contributed by atoms with van der Waals surface area (Å²) >= 11 is 3.39. The van der Waals surface area contributed by atoms with Crippen LogP contribution < -0.4 is 5.31 Å². The first-order valence-electron chi connectivity index (χ1n) is 6.27. The van der Waals surface area contributed by atoms with Gasteiger partial charge in [-0.1, -0.05) is 41.9 Å². The lowest BCUT2D eigenvalue weighted by atomic mass is 10.1. The van der Waals surface area contributed by atoms with Crippen molar-refractivity contribution < 1.29 is 2.78 Å². The van der Waals surface area contributed by atoms with Crippen LogP contribution in [0.25, 0.3) is 0 Å². The Hall–Kier alpha value is -0.340. The van der Waals surface area contributed by atoms with E-state index in [9.17, 15) is 0 Å². The van der Waals surface area contributed by atoms with Crippen LogP contribution in [0.4, 0.5) is 0 Å². The minimum Gasteiger partial charge on any atom is -0.314 e. The Bertz CT molecular complexity index is 349. The predicted octanol–water partition coefficient (Wildman–Crippen LogP) is 3.63. The highest BCUT2D eigenvalue weighted by molar-refractivity contribution is 9.10. The molecule has 0 amide bonds. The Balaban J connectivity index is 2.68. The Morgan fingerprint density at radius 1 is 1.33 bits per heavy atom. The maximum atomic E-state index is 8.24. The zero-order valence-electron chi connectivity index (χ0n) is 11.6. The SMILES string of the molecule is [2H]N(CC(C)C)C([2H])(C)Cc1ccc(Br)cc1. The smallest absolute Gasteiger partial charge is 0.122 e. The van der Waals surface area contributed by atoms with E-state index in [4.69, 9.17) is 2.78 Å². The molecule has 0 aromatic heterocycles. The molecule has 2 heteroatoms. The molecule has 84 valence electrons. The normalized spacial score (nSPS) is 17.5. The number of halogens is 1. The van der Waals surface area contributed by atoms with Crippen LogP contribution in [0.2, 0.25) is 1.41 Å². The van der Waals surface area contributed by atoms with Gasteiger partial charge < -0.3 is 5.31 Å². The van der Waals surface area contributed by atoms with E-state index in [0.717, 1.165) is 10.0 Å². The molecule has 1 aromatic carbocycles. The van der Waals surface area contributed by atoms with Gasteiger partial charge in [0.25, 0.3) is 0 Å². The van der Waals surface area contributed by atoms with E-state index in [1.54, 1.807) is 6.92 Å². The van der Waals surface area contributed by atoms with Crippen molar-refractivity contribution in [2.45, 2.75) is 33.2 Å². The molecule has 0 radical (unpaired) electrons. The molecule has 1 aromatic rings. The van der Waals surface area contributed by atoms with Gasteiger partial charge in [0.1, 0.15) is 1.41 Å². The molecule has 1 N–H and O–H groups in total. The summed E-state index contributed by atoms with van der Waals surface area (Å²) in [5, 5.41) is 1.37. The number of nitrogens with one attached hydrogen (secondary N) is 1. The highest BCUT2D eigenvalue weighted by Crippen LogP contribution is 2.11. The highest BCUT2D eigenvalue weighted by atomic mass is 79.9. The van der Waals surface area contributed by atoms with Crippen molar-refractivity contribution in [3.05, 3.63) is 34.3 Å². The summed E-state index contributed by atoms with van der Waals surface area (Å²) in [6, 6.07) is 7.07. The summed E-state index contributed by atoms with van der Waals surface area (Å²) in [7, 11) is 0. The van der Waals surface area contributed by atoms with E-state index in [1.807, 2.05) is 24.3 Å². The average Bonchev–Trinajstić information content (AvgIpc) is 2.20. The summed E-state index contributed by atoms with van der Waals surface area (Å²) < 4.78 is 17.2. The van der Waals surface area contributed by atoms with Crippen LogP contribution in [0.5, 0.6) is 0 Å². The summed E-state index contributed by atoms with van der Waals surface area (Å²) in [5.41, 5.74) is 1.09. The van der Waals surface area contributed by atoms with Gasteiger partial charge in [-0.3, -0.25) is 0 Å². The van der Waals surface area contributed by atoms with Crippen molar-refractivity contribution in [1.29, 1.82) is 0 Å². The van der Waals surface area contributed by atoms with Gasteiger partial charge in [0.05, 0.1) is 0 Å². The topological polar surface area (TPSA) is 12.0 Å². The monoisotopic (exact) mass is 271 g/mol. The molecular formula is C13H20BrN. The van der Waals surface area contributed by atoms with Crippen LogP contribution in [0.15, 0.2) is 28.7 Å². The number of hydrogen-bond acceptors (Lipinski definition) is 1. The van der Waals surface area contributed by atoms with Gasteiger partial charge in [-0.05, 0) is 43.5 Å². The third kappa shape index (κ3) is 5.33.